The molecule has 1 fully saturated rings. The summed E-state index contributed by atoms with van der Waals surface area (Å²) in [6.45, 7) is 2.65. The molecular formula is C14H20N2O4S. The number of hydrogen-bond acceptors (Lipinski definition) is 4. The first-order chi connectivity index (χ1) is 9.84. The van der Waals surface area contributed by atoms with E-state index in [0.717, 1.165) is 31.7 Å². The molecule has 0 amide bonds. The van der Waals surface area contributed by atoms with Crippen LogP contribution >= 0.6 is 0 Å². The van der Waals surface area contributed by atoms with Crippen LogP contribution in [0.15, 0.2) is 23.1 Å². The lowest BCUT2D eigenvalue weighted by Gasteiger charge is -2.31. The largest absolute Gasteiger partial charge is 0.478 e. The van der Waals surface area contributed by atoms with Crippen molar-refractivity contribution in [3.63, 3.8) is 0 Å². The first kappa shape index (κ1) is 15.8. The van der Waals surface area contributed by atoms with Gasteiger partial charge in [0.2, 0.25) is 10.0 Å². The average molecular weight is 312 g/mol. The highest BCUT2D eigenvalue weighted by Gasteiger charge is 2.26. The fraction of sp³-hybridized carbons (Fsp3) is 0.500. The van der Waals surface area contributed by atoms with Gasteiger partial charge >= 0.3 is 5.97 Å². The molecule has 116 valence electrons. The third-order valence-corrected chi connectivity index (χ3v) is 4.85. The Labute approximate surface area is 124 Å². The highest BCUT2D eigenvalue weighted by atomic mass is 32.2. The Balaban J connectivity index is 2.49. The number of benzene rings is 1. The standard InChI is InChI=1S/C14H20N2O4S/c1-2-16(10-5-3-4-6-10)13-8-7-11(21(15,19)20)9-12(13)14(17)18/h7-10H,2-6H2,1H3,(H,17,18)(H2,15,19,20). The van der Waals surface area contributed by atoms with Gasteiger partial charge in [-0.25, -0.2) is 18.4 Å². The summed E-state index contributed by atoms with van der Waals surface area (Å²) < 4.78 is 22.8. The molecule has 0 aromatic heterocycles. The summed E-state index contributed by atoms with van der Waals surface area (Å²) in [5, 5.41) is 14.5. The Bertz CT molecular complexity index is 636. The number of carboxylic acids is 1. The molecule has 0 spiro atoms. The second kappa shape index (κ2) is 6.03. The van der Waals surface area contributed by atoms with Crippen molar-refractivity contribution >= 4 is 21.7 Å². The minimum Gasteiger partial charge on any atom is -0.478 e. The van der Waals surface area contributed by atoms with E-state index in [2.05, 4.69) is 0 Å². The zero-order valence-electron chi connectivity index (χ0n) is 11.9. The molecule has 0 unspecified atom stereocenters. The van der Waals surface area contributed by atoms with Crippen LogP contribution in [0.5, 0.6) is 0 Å². The molecule has 6 nitrogen and oxygen atoms in total. The molecule has 0 aliphatic heterocycles. The Kier molecular flexibility index (Phi) is 4.53. The van der Waals surface area contributed by atoms with Crippen molar-refractivity contribution < 1.29 is 18.3 Å². The molecule has 3 N–H and O–H groups in total. The number of sulfonamides is 1. The summed E-state index contributed by atoms with van der Waals surface area (Å²) >= 11 is 0. The molecule has 2 rings (SSSR count). The first-order valence-electron chi connectivity index (χ1n) is 7.01. The fourth-order valence-corrected chi connectivity index (χ4v) is 3.49. The number of carbonyl (C=O) groups is 1. The van der Waals surface area contributed by atoms with Crippen LogP contribution in [0.25, 0.3) is 0 Å². The van der Waals surface area contributed by atoms with E-state index in [1.54, 1.807) is 6.07 Å². The summed E-state index contributed by atoms with van der Waals surface area (Å²) in [5.41, 5.74) is 0.541. The first-order valence-corrected chi connectivity index (χ1v) is 8.56. The highest BCUT2D eigenvalue weighted by molar-refractivity contribution is 7.89. The van der Waals surface area contributed by atoms with Gasteiger partial charge in [-0.15, -0.1) is 0 Å². The predicted molar refractivity (Wildman–Crippen MR) is 80.1 cm³/mol. The third kappa shape index (κ3) is 3.36. The third-order valence-electron chi connectivity index (χ3n) is 3.94. The van der Waals surface area contributed by atoms with Gasteiger partial charge in [0.05, 0.1) is 16.1 Å². The van der Waals surface area contributed by atoms with Crippen LogP contribution in [0.3, 0.4) is 0 Å². The lowest BCUT2D eigenvalue weighted by Crippen LogP contribution is -2.34. The zero-order valence-corrected chi connectivity index (χ0v) is 12.8. The monoisotopic (exact) mass is 312 g/mol. The molecule has 21 heavy (non-hydrogen) atoms. The van der Waals surface area contributed by atoms with E-state index in [1.807, 2.05) is 11.8 Å². The molecule has 0 radical (unpaired) electrons. The molecule has 0 saturated heterocycles. The number of rotatable bonds is 5. The summed E-state index contributed by atoms with van der Waals surface area (Å²) in [6.07, 6.45) is 4.34. The van der Waals surface area contributed by atoms with Crippen LogP contribution < -0.4 is 10.0 Å². The smallest absolute Gasteiger partial charge is 0.337 e. The SMILES string of the molecule is CCN(c1ccc(S(N)(=O)=O)cc1C(=O)O)C1CCCC1. The van der Waals surface area contributed by atoms with Gasteiger partial charge < -0.3 is 10.0 Å². The van der Waals surface area contributed by atoms with E-state index in [1.165, 1.54) is 6.07 Å². The number of aromatic carboxylic acids is 1. The van der Waals surface area contributed by atoms with Crippen molar-refractivity contribution in [3.8, 4) is 0 Å². The van der Waals surface area contributed by atoms with Crippen LogP contribution in [0, 0.1) is 0 Å². The van der Waals surface area contributed by atoms with Crippen LogP contribution in [-0.4, -0.2) is 32.1 Å². The van der Waals surface area contributed by atoms with Gasteiger partial charge in [-0.3, -0.25) is 0 Å². The quantitative estimate of drug-likeness (QED) is 0.863. The molecule has 0 bridgehead atoms. The van der Waals surface area contributed by atoms with Crippen LogP contribution in [0.4, 0.5) is 5.69 Å². The zero-order chi connectivity index (χ0) is 15.6. The topological polar surface area (TPSA) is 101 Å². The maximum absolute atomic E-state index is 11.5. The minimum absolute atomic E-state index is 0.0183. The van der Waals surface area contributed by atoms with Gasteiger partial charge in [0.1, 0.15) is 0 Å². The highest BCUT2D eigenvalue weighted by Crippen LogP contribution is 2.31. The molecule has 1 aromatic rings. The molecule has 1 aliphatic rings. The number of hydrogen-bond donors (Lipinski definition) is 2. The Morgan fingerprint density at radius 1 is 1.38 bits per heavy atom. The van der Waals surface area contributed by atoms with Gasteiger partial charge in [-0.1, -0.05) is 12.8 Å². The van der Waals surface area contributed by atoms with E-state index in [9.17, 15) is 18.3 Å². The number of carboxylic acid groups (broad SMARTS) is 1. The Morgan fingerprint density at radius 3 is 2.48 bits per heavy atom. The van der Waals surface area contributed by atoms with Gasteiger partial charge in [0.15, 0.2) is 0 Å². The van der Waals surface area contributed by atoms with Gasteiger partial charge in [-0.05, 0) is 38.0 Å². The number of anilines is 1. The fourth-order valence-electron chi connectivity index (χ4n) is 2.96. The lowest BCUT2D eigenvalue weighted by molar-refractivity contribution is 0.0697. The number of nitrogens with zero attached hydrogens (tertiary/aromatic N) is 1. The molecule has 1 aromatic carbocycles. The molecular weight excluding hydrogens is 292 g/mol. The van der Waals surface area contributed by atoms with Crippen LogP contribution in [-0.2, 0) is 10.0 Å². The Hall–Kier alpha value is -1.60. The van der Waals surface area contributed by atoms with E-state index in [-0.39, 0.29) is 10.5 Å². The summed E-state index contributed by atoms with van der Waals surface area (Å²) in [5.74, 6) is -1.15. The van der Waals surface area contributed by atoms with E-state index in [0.29, 0.717) is 18.3 Å². The second-order valence-electron chi connectivity index (χ2n) is 5.25. The van der Waals surface area contributed by atoms with Gasteiger partial charge in [0, 0.05) is 12.6 Å². The normalized spacial score (nSPS) is 16.1. The summed E-state index contributed by atoms with van der Waals surface area (Å²) in [6, 6.07) is 4.37. The van der Waals surface area contributed by atoms with Crippen molar-refractivity contribution in [2.75, 3.05) is 11.4 Å². The summed E-state index contributed by atoms with van der Waals surface area (Å²) in [4.78, 5) is 13.3. The van der Waals surface area contributed by atoms with Crippen molar-refractivity contribution in [1.82, 2.24) is 0 Å². The van der Waals surface area contributed by atoms with Crippen molar-refractivity contribution in [2.45, 2.75) is 43.5 Å². The lowest BCUT2D eigenvalue weighted by atomic mass is 10.1. The Morgan fingerprint density at radius 2 is 2.00 bits per heavy atom. The number of primary sulfonamides is 1. The van der Waals surface area contributed by atoms with E-state index in [4.69, 9.17) is 5.14 Å². The van der Waals surface area contributed by atoms with E-state index >= 15 is 0 Å². The maximum Gasteiger partial charge on any atom is 0.337 e. The van der Waals surface area contributed by atoms with Crippen molar-refractivity contribution in [1.29, 1.82) is 0 Å². The van der Waals surface area contributed by atoms with Crippen molar-refractivity contribution in [2.24, 2.45) is 5.14 Å². The van der Waals surface area contributed by atoms with E-state index < -0.39 is 16.0 Å². The minimum atomic E-state index is -3.91. The maximum atomic E-state index is 11.5. The second-order valence-corrected chi connectivity index (χ2v) is 6.81. The number of nitrogens with two attached hydrogens (primary N) is 1. The molecule has 1 saturated carbocycles. The van der Waals surface area contributed by atoms with Crippen LogP contribution in [0.2, 0.25) is 0 Å². The molecule has 0 heterocycles. The van der Waals surface area contributed by atoms with Gasteiger partial charge in [0.25, 0.3) is 0 Å². The van der Waals surface area contributed by atoms with Crippen molar-refractivity contribution in [3.05, 3.63) is 23.8 Å². The molecule has 7 heteroatoms. The van der Waals surface area contributed by atoms with Gasteiger partial charge in [-0.2, -0.15) is 0 Å². The molecule has 1 aliphatic carbocycles. The van der Waals surface area contributed by atoms with Crippen LogP contribution in [0.1, 0.15) is 43.0 Å². The predicted octanol–water partition coefficient (Wildman–Crippen LogP) is 1.80. The average Bonchev–Trinajstić information content (AvgIpc) is 2.92. The molecule has 0 atom stereocenters. The summed E-state index contributed by atoms with van der Waals surface area (Å²) in [7, 11) is -3.91.